The third-order valence-corrected chi connectivity index (χ3v) is 6.17. The average Bonchev–Trinajstić information content (AvgIpc) is 2.66. The summed E-state index contributed by atoms with van der Waals surface area (Å²) in [5.41, 5.74) is 1.48. The molecule has 2 aromatic carbocycles. The van der Waals surface area contributed by atoms with Gasteiger partial charge in [0.05, 0.1) is 10.6 Å². The van der Waals surface area contributed by atoms with E-state index in [0.29, 0.717) is 16.6 Å². The van der Waals surface area contributed by atoms with Gasteiger partial charge >= 0.3 is 103 Å². The van der Waals surface area contributed by atoms with Crippen LogP contribution in [0.4, 0.5) is 5.69 Å². The quantitative estimate of drug-likeness (QED) is 0.371. The van der Waals surface area contributed by atoms with Crippen LogP contribution < -0.4 is 103 Å². The van der Waals surface area contributed by atoms with Gasteiger partial charge in [0.1, 0.15) is 4.90 Å². The van der Waals surface area contributed by atoms with Crippen LogP contribution in [0, 0.1) is 0 Å². The van der Waals surface area contributed by atoms with Crippen molar-refractivity contribution >= 4 is 42.4 Å². The molecule has 11 heteroatoms. The van der Waals surface area contributed by atoms with E-state index in [-0.39, 0.29) is 111 Å². The van der Waals surface area contributed by atoms with Gasteiger partial charge in [-0.3, -0.25) is 14.1 Å². The molecule has 3 rings (SSSR count). The normalized spacial score (nSPS) is 15.7. The Morgan fingerprint density at radius 3 is 2.04 bits per heavy atom. The summed E-state index contributed by atoms with van der Waals surface area (Å²) >= 11 is 0. The molecule has 1 heterocycles. The van der Waals surface area contributed by atoms with Gasteiger partial charge in [0, 0.05) is 16.5 Å². The summed E-state index contributed by atoms with van der Waals surface area (Å²) in [5.74, 6) is 0. The van der Waals surface area contributed by atoms with Gasteiger partial charge < -0.3 is 2.85 Å². The van der Waals surface area contributed by atoms with Crippen molar-refractivity contribution < 1.29 is 132 Å². The van der Waals surface area contributed by atoms with Crippen molar-refractivity contribution in [2.24, 2.45) is 4.99 Å². The molecule has 0 amide bonds. The fourth-order valence-corrected chi connectivity index (χ4v) is 4.32. The predicted molar refractivity (Wildman–Crippen MR) is 91.6 cm³/mol. The second-order valence-electron chi connectivity index (χ2n) is 6.25. The number of benzene rings is 2. The summed E-state index contributed by atoms with van der Waals surface area (Å²) in [6.45, 7) is 5.58. The van der Waals surface area contributed by atoms with E-state index in [1.807, 2.05) is 20.8 Å². The summed E-state index contributed by atoms with van der Waals surface area (Å²) < 4.78 is 65.3. The fourth-order valence-electron chi connectivity index (χ4n) is 2.98. The Balaban J connectivity index is 0. The van der Waals surface area contributed by atoms with Crippen LogP contribution in [0.25, 0.3) is 10.8 Å². The maximum absolute atomic E-state index is 11.7. The molecule has 1 aliphatic heterocycles. The van der Waals surface area contributed by atoms with Gasteiger partial charge in [0.2, 0.25) is 0 Å². The van der Waals surface area contributed by atoms with Crippen molar-refractivity contribution in [3.8, 4) is 0 Å². The van der Waals surface area contributed by atoms with Crippen LogP contribution >= 0.6 is 0 Å². The van der Waals surface area contributed by atoms with E-state index in [0.717, 1.165) is 11.8 Å². The van der Waals surface area contributed by atoms with Crippen LogP contribution in [0.1, 0.15) is 29.2 Å². The Hall–Kier alpha value is 1.46. The van der Waals surface area contributed by atoms with Crippen molar-refractivity contribution in [1.29, 1.82) is 0 Å². The molecule has 0 aromatic heterocycles. The Bertz CT molecular complexity index is 1150. The number of nitrogens with zero attached hydrogens (tertiary/aromatic N) is 1. The molecule has 132 valence electrons. The molecule has 0 radical (unpaired) electrons. The molecule has 0 saturated carbocycles. The van der Waals surface area contributed by atoms with Gasteiger partial charge in [0.25, 0.3) is 20.2 Å². The Morgan fingerprint density at radius 2 is 1.54 bits per heavy atom. The second-order valence-corrected chi connectivity index (χ2v) is 9.06. The number of hydrogen-bond donors (Lipinski definition) is 2. The first kappa shape index (κ1) is 25.5. The number of hydrogen-bond acceptors (Lipinski definition) is 5. The minimum atomic E-state index is -4.69. The number of rotatable bonds is 2. The van der Waals surface area contributed by atoms with E-state index in [1.165, 1.54) is 12.1 Å². The maximum Gasteiger partial charge on any atom is 1.00 e. The summed E-state index contributed by atoms with van der Waals surface area (Å²) in [6.07, 6.45) is 0. The molecule has 7 nitrogen and oxygen atoms in total. The monoisotopic (exact) mass is 449 g/mol. The summed E-state index contributed by atoms with van der Waals surface area (Å²) in [6, 6.07) is 5.03. The third kappa shape index (κ3) is 4.46. The van der Waals surface area contributed by atoms with E-state index in [4.69, 9.17) is 0 Å². The van der Waals surface area contributed by atoms with Crippen LogP contribution in [0.15, 0.2) is 39.0 Å². The van der Waals surface area contributed by atoms with Crippen LogP contribution in [-0.4, -0.2) is 31.7 Å². The number of aliphatic imine (C=N–C) groups is 1. The second kappa shape index (κ2) is 8.30. The van der Waals surface area contributed by atoms with Gasteiger partial charge in [0.15, 0.2) is 0 Å². The molecule has 0 spiro atoms. The zero-order valence-corrected chi connectivity index (χ0v) is 23.0. The molecule has 0 aliphatic carbocycles. The Kier molecular flexibility index (Phi) is 8.14. The van der Waals surface area contributed by atoms with E-state index in [1.54, 1.807) is 6.07 Å². The molecular formula is C15H17K2NO6S2. The van der Waals surface area contributed by atoms with Crippen molar-refractivity contribution in [3.05, 3.63) is 29.8 Å². The summed E-state index contributed by atoms with van der Waals surface area (Å²) in [7, 11) is -9.35. The molecular weight excluding hydrogens is 432 g/mol. The SMILES string of the molecule is CC1=Nc2ccc3c(S(=O)(=O)O)cc(S(=O)(=O)O)cc3c2C1(C)C.[H-].[H-].[K+].[K+]. The molecule has 1 aliphatic rings. The first-order valence-electron chi connectivity index (χ1n) is 6.95. The van der Waals surface area contributed by atoms with Gasteiger partial charge in [-0.1, -0.05) is 19.9 Å². The maximum atomic E-state index is 11.7. The first-order chi connectivity index (χ1) is 10.8. The first-order valence-corrected chi connectivity index (χ1v) is 9.83. The van der Waals surface area contributed by atoms with Gasteiger partial charge in [-0.05, 0) is 36.1 Å². The molecule has 2 N–H and O–H groups in total. The molecule has 0 fully saturated rings. The molecule has 0 saturated heterocycles. The summed E-state index contributed by atoms with van der Waals surface area (Å²) in [5, 5.41) is 0.475. The molecule has 2 aromatic rings. The topological polar surface area (TPSA) is 121 Å². The molecule has 26 heavy (non-hydrogen) atoms. The van der Waals surface area contributed by atoms with Crippen LogP contribution in [-0.2, 0) is 25.7 Å². The van der Waals surface area contributed by atoms with E-state index < -0.39 is 35.4 Å². The standard InChI is InChI=1S/C15H15NO6S2.2K.2H/c1-8-15(2,3)14-11-6-9(23(17,18)19)7-13(24(20,21)22)10(11)4-5-12(14)16-8;;;;/h4-7H,1-3H3,(H,17,18,19)(H,20,21,22);;;;/q;2*+1;2*-1. The van der Waals surface area contributed by atoms with Crippen LogP contribution in [0.5, 0.6) is 0 Å². The van der Waals surface area contributed by atoms with Crippen molar-refractivity contribution in [2.75, 3.05) is 0 Å². The van der Waals surface area contributed by atoms with E-state index in [9.17, 15) is 25.9 Å². The van der Waals surface area contributed by atoms with Gasteiger partial charge in [-0.2, -0.15) is 16.8 Å². The summed E-state index contributed by atoms with van der Waals surface area (Å²) in [4.78, 5) is 3.26. The smallest absolute Gasteiger partial charge is 1.00 e. The molecule has 0 unspecified atom stereocenters. The van der Waals surface area contributed by atoms with Crippen molar-refractivity contribution in [1.82, 2.24) is 0 Å². The van der Waals surface area contributed by atoms with Crippen LogP contribution in [0.2, 0.25) is 0 Å². The zero-order valence-electron chi connectivity index (χ0n) is 17.1. The van der Waals surface area contributed by atoms with Crippen molar-refractivity contribution in [2.45, 2.75) is 36.0 Å². The number of fused-ring (bicyclic) bond motifs is 3. The molecule has 0 atom stereocenters. The van der Waals surface area contributed by atoms with Gasteiger partial charge in [-0.25, -0.2) is 0 Å². The van der Waals surface area contributed by atoms with Crippen LogP contribution in [0.3, 0.4) is 0 Å². The Morgan fingerprint density at radius 1 is 0.962 bits per heavy atom. The minimum Gasteiger partial charge on any atom is -1.00 e. The largest absolute Gasteiger partial charge is 1.00 e. The fraction of sp³-hybridized carbons (Fsp3) is 0.267. The zero-order chi connectivity index (χ0) is 18.1. The molecule has 0 bridgehead atoms. The predicted octanol–water partition coefficient (Wildman–Crippen LogP) is -3.05. The Labute approximate surface area is 240 Å². The average molecular weight is 450 g/mol. The van der Waals surface area contributed by atoms with Crippen molar-refractivity contribution in [3.63, 3.8) is 0 Å². The third-order valence-electron chi connectivity index (χ3n) is 4.44. The van der Waals surface area contributed by atoms with E-state index >= 15 is 0 Å². The van der Waals surface area contributed by atoms with E-state index in [2.05, 4.69) is 4.99 Å². The van der Waals surface area contributed by atoms with Gasteiger partial charge in [-0.15, -0.1) is 0 Å². The minimum absolute atomic E-state index is 0.